The third-order valence-corrected chi connectivity index (χ3v) is 4.87. The van der Waals surface area contributed by atoms with E-state index in [-0.39, 0.29) is 11.3 Å². The predicted molar refractivity (Wildman–Crippen MR) is 133 cm³/mol. The van der Waals surface area contributed by atoms with Gasteiger partial charge < -0.3 is 26.2 Å². The summed E-state index contributed by atoms with van der Waals surface area (Å²) in [5.41, 5.74) is 5.86. The topological polar surface area (TPSA) is 151 Å². The maximum absolute atomic E-state index is 13.5. The Balaban J connectivity index is 2.48. The van der Waals surface area contributed by atoms with Crippen molar-refractivity contribution in [2.45, 2.75) is 51.8 Å². The van der Waals surface area contributed by atoms with Crippen molar-refractivity contribution in [3.05, 3.63) is 59.7 Å². The normalized spacial score (nSPS) is 12.4. The molecule has 2 aromatic rings. The van der Waals surface area contributed by atoms with Crippen LogP contribution in [0.25, 0.3) is 0 Å². The van der Waals surface area contributed by atoms with Crippen molar-refractivity contribution in [3.63, 3.8) is 0 Å². The van der Waals surface area contributed by atoms with Gasteiger partial charge in [0.25, 0.3) is 11.8 Å². The van der Waals surface area contributed by atoms with Gasteiger partial charge in [0.1, 0.15) is 23.4 Å². The summed E-state index contributed by atoms with van der Waals surface area (Å²) < 4.78 is 5.18. The maximum atomic E-state index is 13.5. The number of carbonyl (C=O) groups excluding carboxylic acids is 4. The highest BCUT2D eigenvalue weighted by Crippen LogP contribution is 2.27. The number of para-hydroxylation sites is 1. The van der Waals surface area contributed by atoms with Gasteiger partial charge in [0.2, 0.25) is 5.91 Å². The summed E-state index contributed by atoms with van der Waals surface area (Å²) in [6.07, 6.45) is 4.10. The molecule has 0 aliphatic carbocycles. The first-order valence-electron chi connectivity index (χ1n) is 11.0. The first-order valence-corrected chi connectivity index (χ1v) is 11.0. The summed E-state index contributed by atoms with van der Waals surface area (Å²) in [5.74, 6) is -2.68. The van der Waals surface area contributed by atoms with Crippen molar-refractivity contribution >= 4 is 29.5 Å². The number of ether oxygens (including phenoxy) is 1. The number of hydrogen-bond donors (Lipinski definition) is 4. The number of carbonyl (C=O) groups is 4. The molecule has 10 heteroatoms. The number of terminal acetylenes is 1. The van der Waals surface area contributed by atoms with Crippen LogP contribution in [0.1, 0.15) is 44.4 Å². The molecule has 0 radical (unpaired) electrons. The van der Waals surface area contributed by atoms with Crippen molar-refractivity contribution in [2.75, 3.05) is 5.32 Å². The largest absolute Gasteiger partial charge is 0.508 e. The fourth-order valence-corrected chi connectivity index (χ4v) is 3.31. The van der Waals surface area contributed by atoms with Gasteiger partial charge in [0, 0.05) is 11.7 Å². The maximum Gasteiger partial charge on any atom is 0.408 e. The standard InChI is InChI=1S/C26H30N4O6/c1-6-30(24(34)20(15-21(27)32)29-25(35)36-26(3,4)5)22(17-11-9-12-18(31)14-17)23(33)28-19-13-8-7-10-16(19)2/h1,7-14,20,22,31H,15H2,2-5H3,(H2,27,32)(H,28,33)(H,29,35). The van der Waals surface area contributed by atoms with E-state index >= 15 is 0 Å². The predicted octanol–water partition coefficient (Wildman–Crippen LogP) is 2.57. The fourth-order valence-electron chi connectivity index (χ4n) is 3.31. The highest BCUT2D eigenvalue weighted by molar-refractivity contribution is 6.00. The number of nitrogens with one attached hydrogen (secondary N) is 2. The number of nitrogens with two attached hydrogens (primary N) is 1. The van der Waals surface area contributed by atoms with E-state index < -0.39 is 47.9 Å². The monoisotopic (exact) mass is 494 g/mol. The van der Waals surface area contributed by atoms with E-state index in [0.717, 1.165) is 10.5 Å². The quantitative estimate of drug-likeness (QED) is 0.327. The summed E-state index contributed by atoms with van der Waals surface area (Å²) in [6, 6.07) is 11.9. The van der Waals surface area contributed by atoms with Crippen LogP contribution >= 0.6 is 0 Å². The molecule has 0 aliphatic rings. The van der Waals surface area contributed by atoms with Gasteiger partial charge in [-0.25, -0.2) is 4.79 Å². The summed E-state index contributed by atoms with van der Waals surface area (Å²) in [5, 5.41) is 15.0. The lowest BCUT2D eigenvalue weighted by atomic mass is 10.0. The molecule has 2 aromatic carbocycles. The second-order valence-corrected chi connectivity index (χ2v) is 9.01. The Morgan fingerprint density at radius 3 is 2.36 bits per heavy atom. The summed E-state index contributed by atoms with van der Waals surface area (Å²) in [7, 11) is 0. The molecule has 5 N–H and O–H groups in total. The molecule has 0 bridgehead atoms. The van der Waals surface area contributed by atoms with E-state index in [1.54, 1.807) is 52.0 Å². The zero-order valence-corrected chi connectivity index (χ0v) is 20.6. The zero-order valence-electron chi connectivity index (χ0n) is 20.6. The Kier molecular flexibility index (Phi) is 9.05. The molecule has 2 unspecified atom stereocenters. The molecule has 0 aliphatic heterocycles. The highest BCUT2D eigenvalue weighted by atomic mass is 16.6. The van der Waals surface area contributed by atoms with E-state index in [0.29, 0.717) is 5.69 Å². The summed E-state index contributed by atoms with van der Waals surface area (Å²) >= 11 is 0. The van der Waals surface area contributed by atoms with Gasteiger partial charge in [0.05, 0.1) is 6.42 Å². The molecule has 0 aromatic heterocycles. The zero-order chi connectivity index (χ0) is 27.0. The Labute approximate surface area is 209 Å². The number of primary amides is 1. The van der Waals surface area contributed by atoms with Crippen LogP contribution in [0.15, 0.2) is 48.5 Å². The van der Waals surface area contributed by atoms with Crippen LogP contribution in [0.4, 0.5) is 10.5 Å². The first kappa shape index (κ1) is 27.7. The van der Waals surface area contributed by atoms with Crippen LogP contribution in [0.5, 0.6) is 5.75 Å². The third kappa shape index (κ3) is 7.77. The van der Waals surface area contributed by atoms with Gasteiger partial charge in [-0.3, -0.25) is 19.3 Å². The Morgan fingerprint density at radius 1 is 1.14 bits per heavy atom. The average Bonchev–Trinajstić information content (AvgIpc) is 2.76. The molecule has 0 heterocycles. The number of benzene rings is 2. The smallest absolute Gasteiger partial charge is 0.408 e. The number of anilines is 1. The Hall–Kier alpha value is -4.52. The van der Waals surface area contributed by atoms with E-state index in [1.165, 1.54) is 24.3 Å². The van der Waals surface area contributed by atoms with Gasteiger partial charge in [0.15, 0.2) is 0 Å². The summed E-state index contributed by atoms with van der Waals surface area (Å²) in [4.78, 5) is 51.7. The number of rotatable bonds is 8. The minimum atomic E-state index is -1.51. The lowest BCUT2D eigenvalue weighted by molar-refractivity contribution is -0.138. The molecular weight excluding hydrogens is 464 g/mol. The number of aryl methyl sites for hydroxylation is 1. The molecule has 0 spiro atoms. The van der Waals surface area contributed by atoms with Crippen LogP contribution < -0.4 is 16.4 Å². The van der Waals surface area contributed by atoms with E-state index in [4.69, 9.17) is 16.9 Å². The first-order chi connectivity index (χ1) is 16.8. The third-order valence-electron chi connectivity index (χ3n) is 4.87. The lowest BCUT2D eigenvalue weighted by Gasteiger charge is -2.30. The van der Waals surface area contributed by atoms with Gasteiger partial charge >= 0.3 is 6.09 Å². The number of hydrogen-bond acceptors (Lipinski definition) is 6. The number of phenols is 1. The van der Waals surface area contributed by atoms with Gasteiger partial charge in [-0.15, -0.1) is 0 Å². The molecule has 0 saturated heterocycles. The Bertz CT molecular complexity index is 1180. The fraction of sp³-hybridized carbons (Fsp3) is 0.308. The van der Waals surface area contributed by atoms with Gasteiger partial charge in [-0.2, -0.15) is 0 Å². The SMILES string of the molecule is C#CN(C(=O)C(CC(N)=O)NC(=O)OC(C)(C)C)C(C(=O)Nc1ccccc1C)c1cccc(O)c1. The van der Waals surface area contributed by atoms with Crippen LogP contribution in [0.3, 0.4) is 0 Å². The van der Waals surface area contributed by atoms with E-state index in [1.807, 2.05) is 0 Å². The average molecular weight is 495 g/mol. The second-order valence-electron chi connectivity index (χ2n) is 9.01. The van der Waals surface area contributed by atoms with Crippen molar-refractivity contribution in [1.82, 2.24) is 10.2 Å². The van der Waals surface area contributed by atoms with E-state index in [2.05, 4.69) is 16.7 Å². The molecule has 10 nitrogen and oxygen atoms in total. The number of alkyl carbamates (subject to hydrolysis) is 1. The van der Waals surface area contributed by atoms with Crippen LogP contribution in [-0.4, -0.2) is 45.5 Å². The molecule has 0 fully saturated rings. The molecule has 4 amide bonds. The van der Waals surface area contributed by atoms with Gasteiger partial charge in [-0.05, 0) is 57.0 Å². The van der Waals surface area contributed by atoms with Crippen LogP contribution in [0, 0.1) is 19.4 Å². The number of phenolic OH excluding ortho intramolecular Hbond substituents is 1. The highest BCUT2D eigenvalue weighted by Gasteiger charge is 2.37. The van der Waals surface area contributed by atoms with Gasteiger partial charge in [-0.1, -0.05) is 36.8 Å². The van der Waals surface area contributed by atoms with E-state index in [9.17, 15) is 24.3 Å². The molecule has 36 heavy (non-hydrogen) atoms. The molecule has 190 valence electrons. The Morgan fingerprint density at radius 2 is 1.81 bits per heavy atom. The van der Waals surface area contributed by atoms with Crippen molar-refractivity contribution < 1.29 is 29.0 Å². The molecule has 2 atom stereocenters. The van der Waals surface area contributed by atoms with Crippen molar-refractivity contribution in [3.8, 4) is 18.2 Å². The van der Waals surface area contributed by atoms with Crippen LogP contribution in [0.2, 0.25) is 0 Å². The molecule has 0 saturated carbocycles. The molecule has 2 rings (SSSR count). The lowest BCUT2D eigenvalue weighted by Crippen LogP contribution is -2.52. The second kappa shape index (κ2) is 11.8. The number of amides is 4. The number of aromatic hydroxyl groups is 1. The van der Waals surface area contributed by atoms with Crippen LogP contribution in [-0.2, 0) is 19.1 Å². The molecular formula is C26H30N4O6. The summed E-state index contributed by atoms with van der Waals surface area (Å²) in [6.45, 7) is 6.66. The number of nitrogens with zero attached hydrogens (tertiary/aromatic N) is 1. The van der Waals surface area contributed by atoms with Crippen molar-refractivity contribution in [1.29, 1.82) is 0 Å². The minimum Gasteiger partial charge on any atom is -0.508 e. The minimum absolute atomic E-state index is 0.161. The van der Waals surface area contributed by atoms with Crippen molar-refractivity contribution in [2.24, 2.45) is 5.73 Å².